The first-order valence-corrected chi connectivity index (χ1v) is 7.50. The van der Waals surface area contributed by atoms with Crippen LogP contribution >= 0.6 is 11.3 Å². The van der Waals surface area contributed by atoms with Gasteiger partial charge in [-0.05, 0) is 32.5 Å². The zero-order chi connectivity index (χ0) is 12.1. The quantitative estimate of drug-likeness (QED) is 0.838. The molecule has 0 aliphatic carbocycles. The summed E-state index contributed by atoms with van der Waals surface area (Å²) in [6.07, 6.45) is 3.58. The Morgan fingerprint density at radius 3 is 3.18 bits per heavy atom. The topological polar surface area (TPSA) is 28.2 Å². The summed E-state index contributed by atoms with van der Waals surface area (Å²) in [6.45, 7) is 7.01. The van der Waals surface area contributed by atoms with Crippen LogP contribution in [0.15, 0.2) is 5.38 Å². The van der Waals surface area contributed by atoms with E-state index in [2.05, 4.69) is 22.5 Å². The van der Waals surface area contributed by atoms with E-state index in [1.54, 1.807) is 0 Å². The second kappa shape index (κ2) is 6.47. The number of nitrogens with one attached hydrogen (secondary N) is 1. The largest absolute Gasteiger partial charge is 0.319 e. The van der Waals surface area contributed by atoms with Crippen molar-refractivity contribution in [3.63, 3.8) is 0 Å². The lowest BCUT2D eigenvalue weighted by Crippen LogP contribution is -2.20. The highest BCUT2D eigenvalue weighted by Crippen LogP contribution is 2.22. The second-order valence-electron chi connectivity index (χ2n) is 4.84. The molecule has 2 rings (SSSR count). The maximum atomic E-state index is 4.72. The smallest absolute Gasteiger partial charge is 0.0931 e. The van der Waals surface area contributed by atoms with Gasteiger partial charge < -0.3 is 10.2 Å². The lowest BCUT2D eigenvalue weighted by Gasteiger charge is -2.11. The Balaban J connectivity index is 1.80. The van der Waals surface area contributed by atoms with Crippen molar-refractivity contribution in [1.82, 2.24) is 15.2 Å². The minimum absolute atomic E-state index is 0.832. The van der Waals surface area contributed by atoms with Crippen LogP contribution in [0.25, 0.3) is 0 Å². The van der Waals surface area contributed by atoms with Crippen LogP contribution in [0.1, 0.15) is 24.0 Å². The zero-order valence-corrected chi connectivity index (χ0v) is 11.7. The van der Waals surface area contributed by atoms with Crippen molar-refractivity contribution in [3.8, 4) is 0 Å². The molecule has 1 aliphatic heterocycles. The molecule has 0 radical (unpaired) electrons. The summed E-state index contributed by atoms with van der Waals surface area (Å²) in [5.41, 5.74) is 1.25. The van der Waals surface area contributed by atoms with Gasteiger partial charge in [-0.1, -0.05) is 6.92 Å². The molecule has 2 heterocycles. The van der Waals surface area contributed by atoms with Crippen molar-refractivity contribution in [2.24, 2.45) is 5.92 Å². The fourth-order valence-corrected chi connectivity index (χ4v) is 3.37. The van der Waals surface area contributed by atoms with Crippen molar-refractivity contribution in [2.75, 3.05) is 33.2 Å². The Hall–Kier alpha value is -0.450. The van der Waals surface area contributed by atoms with Crippen LogP contribution in [0.3, 0.4) is 0 Å². The molecule has 1 aromatic rings. The molecule has 1 aromatic heterocycles. The molecule has 0 saturated carbocycles. The summed E-state index contributed by atoms with van der Waals surface area (Å²) in [6, 6.07) is 0. The van der Waals surface area contributed by atoms with Crippen LogP contribution in [-0.4, -0.2) is 43.1 Å². The molecule has 0 spiro atoms. The Kier molecular flexibility index (Phi) is 4.95. The molecular weight excluding hydrogens is 230 g/mol. The fourth-order valence-electron chi connectivity index (χ4n) is 2.42. The predicted octanol–water partition coefficient (Wildman–Crippen LogP) is 1.79. The average molecular weight is 253 g/mol. The first-order chi connectivity index (χ1) is 8.31. The normalized spacial score (nSPS) is 21.2. The van der Waals surface area contributed by atoms with Gasteiger partial charge in [-0.25, -0.2) is 4.98 Å². The number of hydrogen-bond acceptors (Lipinski definition) is 4. The first-order valence-electron chi connectivity index (χ1n) is 6.62. The first kappa shape index (κ1) is 13.0. The number of hydrogen-bond donors (Lipinski definition) is 1. The molecule has 0 amide bonds. The van der Waals surface area contributed by atoms with E-state index in [9.17, 15) is 0 Å². The highest BCUT2D eigenvalue weighted by Gasteiger charge is 2.22. The van der Waals surface area contributed by atoms with Crippen LogP contribution < -0.4 is 5.32 Å². The van der Waals surface area contributed by atoms with Crippen LogP contribution in [0.2, 0.25) is 0 Å². The van der Waals surface area contributed by atoms with E-state index in [4.69, 9.17) is 4.98 Å². The van der Waals surface area contributed by atoms with Crippen LogP contribution in [-0.2, 0) is 12.8 Å². The van der Waals surface area contributed by atoms with Gasteiger partial charge in [-0.2, -0.15) is 0 Å². The van der Waals surface area contributed by atoms with Gasteiger partial charge in [0.1, 0.15) is 0 Å². The standard InChI is InChI=1S/C13H23N3S/c1-3-16-7-5-11(9-16)8-13-15-12(10-17-13)4-6-14-2/h10-11,14H,3-9H2,1-2H3. The van der Waals surface area contributed by atoms with Gasteiger partial charge in [-0.3, -0.25) is 0 Å². The Labute approximate surface area is 108 Å². The minimum Gasteiger partial charge on any atom is -0.319 e. The number of nitrogens with zero attached hydrogens (tertiary/aromatic N) is 2. The van der Waals surface area contributed by atoms with E-state index in [0.717, 1.165) is 18.9 Å². The van der Waals surface area contributed by atoms with Gasteiger partial charge in [0.15, 0.2) is 0 Å². The highest BCUT2D eigenvalue weighted by atomic mass is 32.1. The van der Waals surface area contributed by atoms with E-state index in [1.165, 1.54) is 43.2 Å². The third-order valence-corrected chi connectivity index (χ3v) is 4.43. The van der Waals surface area contributed by atoms with E-state index in [0.29, 0.717) is 0 Å². The van der Waals surface area contributed by atoms with Crippen LogP contribution in [0.4, 0.5) is 0 Å². The molecule has 1 unspecified atom stereocenters. The summed E-state index contributed by atoms with van der Waals surface area (Å²) in [5, 5.41) is 6.72. The maximum absolute atomic E-state index is 4.72. The van der Waals surface area contributed by atoms with E-state index < -0.39 is 0 Å². The van der Waals surface area contributed by atoms with Crippen molar-refractivity contribution in [1.29, 1.82) is 0 Å². The molecule has 0 bridgehead atoms. The summed E-state index contributed by atoms with van der Waals surface area (Å²) >= 11 is 1.84. The van der Waals surface area contributed by atoms with E-state index >= 15 is 0 Å². The van der Waals surface area contributed by atoms with Gasteiger partial charge in [-0.15, -0.1) is 11.3 Å². The lowest BCUT2D eigenvalue weighted by molar-refractivity contribution is 0.342. The molecule has 1 fully saturated rings. The van der Waals surface area contributed by atoms with Crippen molar-refractivity contribution in [2.45, 2.75) is 26.2 Å². The molecule has 3 nitrogen and oxygen atoms in total. The van der Waals surface area contributed by atoms with E-state index in [-0.39, 0.29) is 0 Å². The molecule has 4 heteroatoms. The number of likely N-dealkylation sites (N-methyl/N-ethyl adjacent to an activating group) is 1. The van der Waals surface area contributed by atoms with Crippen molar-refractivity contribution >= 4 is 11.3 Å². The minimum atomic E-state index is 0.832. The fraction of sp³-hybridized carbons (Fsp3) is 0.769. The molecule has 0 aromatic carbocycles. The summed E-state index contributed by atoms with van der Waals surface area (Å²) in [7, 11) is 1.99. The summed E-state index contributed by atoms with van der Waals surface area (Å²) in [4.78, 5) is 7.26. The zero-order valence-electron chi connectivity index (χ0n) is 10.9. The monoisotopic (exact) mass is 253 g/mol. The Morgan fingerprint density at radius 1 is 1.59 bits per heavy atom. The second-order valence-corrected chi connectivity index (χ2v) is 5.78. The van der Waals surface area contributed by atoms with Crippen molar-refractivity contribution < 1.29 is 0 Å². The number of likely N-dealkylation sites (tertiary alicyclic amines) is 1. The van der Waals surface area contributed by atoms with Crippen molar-refractivity contribution in [3.05, 3.63) is 16.1 Å². The molecule has 1 N–H and O–H groups in total. The number of aromatic nitrogens is 1. The molecular formula is C13H23N3S. The molecule has 96 valence electrons. The van der Waals surface area contributed by atoms with E-state index in [1.807, 2.05) is 18.4 Å². The Morgan fingerprint density at radius 2 is 2.47 bits per heavy atom. The van der Waals surface area contributed by atoms with Gasteiger partial charge >= 0.3 is 0 Å². The van der Waals surface area contributed by atoms with Crippen LogP contribution in [0, 0.1) is 5.92 Å². The van der Waals surface area contributed by atoms with Gasteiger partial charge in [0.2, 0.25) is 0 Å². The highest BCUT2D eigenvalue weighted by molar-refractivity contribution is 7.09. The summed E-state index contributed by atoms with van der Waals surface area (Å²) < 4.78 is 0. The third kappa shape index (κ3) is 3.76. The molecule has 1 atom stereocenters. The predicted molar refractivity (Wildman–Crippen MR) is 73.7 cm³/mol. The molecule has 17 heavy (non-hydrogen) atoms. The number of thiazole rings is 1. The SMILES string of the molecule is CCN1CCC(Cc2nc(CCNC)cs2)C1. The number of rotatable bonds is 6. The van der Waals surface area contributed by atoms with Gasteiger partial charge in [0.25, 0.3) is 0 Å². The van der Waals surface area contributed by atoms with Gasteiger partial charge in [0, 0.05) is 31.3 Å². The Bertz CT molecular complexity index is 337. The molecule has 1 saturated heterocycles. The van der Waals surface area contributed by atoms with Gasteiger partial charge in [0.05, 0.1) is 10.7 Å². The average Bonchev–Trinajstić information content (AvgIpc) is 2.96. The molecule has 1 aliphatic rings. The maximum Gasteiger partial charge on any atom is 0.0931 e. The summed E-state index contributed by atoms with van der Waals surface area (Å²) in [5.74, 6) is 0.832. The van der Waals surface area contributed by atoms with Crippen LogP contribution in [0.5, 0.6) is 0 Å². The third-order valence-electron chi connectivity index (χ3n) is 3.51. The lowest BCUT2D eigenvalue weighted by atomic mass is 10.1.